The van der Waals surface area contributed by atoms with Gasteiger partial charge in [0, 0.05) is 11.6 Å². The molecule has 0 saturated carbocycles. The molecule has 7 heteroatoms. The molecular weight excluding hydrogens is 336 g/mol. The highest BCUT2D eigenvalue weighted by Gasteiger charge is 2.30. The van der Waals surface area contributed by atoms with Crippen molar-refractivity contribution in [3.05, 3.63) is 29.8 Å². The topological polar surface area (TPSA) is 97.7 Å². The minimum atomic E-state index is -1.02. The Morgan fingerprint density at radius 3 is 2.54 bits per heavy atom. The number of carbonyl (C=O) groups is 2. The molecule has 7 nitrogen and oxygen atoms in total. The van der Waals surface area contributed by atoms with E-state index in [4.69, 9.17) is 14.2 Å². The number of rotatable bonds is 8. The number of methoxy groups -OCH3 is 2. The molecule has 0 bridgehead atoms. The van der Waals surface area contributed by atoms with Crippen molar-refractivity contribution in [3.63, 3.8) is 0 Å². The molecule has 0 aliphatic carbocycles. The van der Waals surface area contributed by atoms with Crippen LogP contribution in [0.3, 0.4) is 0 Å². The van der Waals surface area contributed by atoms with Crippen molar-refractivity contribution in [1.82, 2.24) is 5.32 Å². The van der Waals surface area contributed by atoms with E-state index < -0.39 is 24.0 Å². The van der Waals surface area contributed by atoms with Crippen LogP contribution in [0, 0.1) is 17.2 Å². The molecule has 1 rings (SSSR count). The summed E-state index contributed by atoms with van der Waals surface area (Å²) in [6, 6.07) is 7.21. The quantitative estimate of drug-likeness (QED) is 0.564. The summed E-state index contributed by atoms with van der Waals surface area (Å²) in [6.45, 7) is 4.79. The summed E-state index contributed by atoms with van der Waals surface area (Å²) in [5.74, 6) is -0.138. The van der Waals surface area contributed by atoms with Gasteiger partial charge in [-0.2, -0.15) is 5.26 Å². The van der Waals surface area contributed by atoms with E-state index in [-0.39, 0.29) is 5.92 Å². The molecule has 1 aromatic carbocycles. The van der Waals surface area contributed by atoms with Crippen LogP contribution in [-0.2, 0) is 14.3 Å². The number of esters is 1. The van der Waals surface area contributed by atoms with Gasteiger partial charge < -0.3 is 19.5 Å². The highest BCUT2D eigenvalue weighted by atomic mass is 16.5. The van der Waals surface area contributed by atoms with Gasteiger partial charge in [-0.15, -0.1) is 0 Å². The molecule has 1 amide bonds. The second kappa shape index (κ2) is 9.47. The molecule has 0 aliphatic heterocycles. The van der Waals surface area contributed by atoms with Crippen molar-refractivity contribution in [2.24, 2.45) is 5.92 Å². The summed E-state index contributed by atoms with van der Waals surface area (Å²) < 4.78 is 15.2. The predicted octanol–water partition coefficient (Wildman–Crippen LogP) is 2.31. The Morgan fingerprint density at radius 2 is 2.00 bits per heavy atom. The van der Waals surface area contributed by atoms with Gasteiger partial charge in [0.1, 0.15) is 17.0 Å². The number of hydrogen-bond donors (Lipinski definition) is 1. The maximum Gasteiger partial charge on any atom is 0.331 e. The van der Waals surface area contributed by atoms with Crippen LogP contribution in [0.25, 0.3) is 6.08 Å². The molecule has 1 N–H and O–H groups in total. The summed E-state index contributed by atoms with van der Waals surface area (Å²) in [6.07, 6.45) is 2.70. The van der Waals surface area contributed by atoms with Gasteiger partial charge in [-0.05, 0) is 37.1 Å². The van der Waals surface area contributed by atoms with Crippen LogP contribution in [0.5, 0.6) is 11.5 Å². The summed E-state index contributed by atoms with van der Waals surface area (Å²) in [4.78, 5) is 23.7. The number of carbonyl (C=O) groups excluding carboxylic acids is 2. The highest BCUT2D eigenvalue weighted by molar-refractivity contribution is 5.90. The van der Waals surface area contributed by atoms with Crippen molar-refractivity contribution in [2.75, 3.05) is 20.8 Å². The standard InChI is InChI=1S/C19H24N2O5/c1-13(2)19(3,12-20)21-17(22)11-26-18(23)9-6-14-10-15(24-4)7-8-16(14)25-5/h6-10,13H,11H2,1-5H3,(H,21,22)/b9-6+/t19-/m1/s1. The van der Waals surface area contributed by atoms with Crippen LogP contribution in [0.1, 0.15) is 26.3 Å². The van der Waals surface area contributed by atoms with E-state index in [9.17, 15) is 14.9 Å². The highest BCUT2D eigenvalue weighted by Crippen LogP contribution is 2.25. The predicted molar refractivity (Wildman–Crippen MR) is 96.5 cm³/mol. The third-order valence-electron chi connectivity index (χ3n) is 3.97. The molecule has 0 saturated heterocycles. The smallest absolute Gasteiger partial charge is 0.331 e. The van der Waals surface area contributed by atoms with E-state index in [0.29, 0.717) is 17.1 Å². The third kappa shape index (κ3) is 5.81. The molecule has 140 valence electrons. The Balaban J connectivity index is 2.66. The minimum Gasteiger partial charge on any atom is -0.497 e. The molecule has 0 spiro atoms. The van der Waals surface area contributed by atoms with E-state index in [1.54, 1.807) is 25.1 Å². The number of ether oxygens (including phenoxy) is 3. The van der Waals surface area contributed by atoms with Crippen LogP contribution in [0.4, 0.5) is 0 Å². The summed E-state index contributed by atoms with van der Waals surface area (Å²) in [7, 11) is 3.05. The Morgan fingerprint density at radius 1 is 1.31 bits per heavy atom. The lowest BCUT2D eigenvalue weighted by atomic mass is 9.90. The van der Waals surface area contributed by atoms with Gasteiger partial charge in [-0.25, -0.2) is 4.79 Å². The van der Waals surface area contributed by atoms with Crippen molar-refractivity contribution >= 4 is 18.0 Å². The number of amides is 1. The van der Waals surface area contributed by atoms with Crippen molar-refractivity contribution < 1.29 is 23.8 Å². The second-order valence-corrected chi connectivity index (χ2v) is 6.07. The molecule has 0 aromatic heterocycles. The van der Waals surface area contributed by atoms with Crippen LogP contribution in [-0.4, -0.2) is 38.2 Å². The first-order valence-corrected chi connectivity index (χ1v) is 8.05. The molecule has 26 heavy (non-hydrogen) atoms. The Labute approximate surface area is 153 Å². The van der Waals surface area contributed by atoms with E-state index >= 15 is 0 Å². The Kier molecular flexibility index (Phi) is 7.66. The normalized spacial score (nSPS) is 13.0. The zero-order valence-electron chi connectivity index (χ0n) is 15.7. The number of nitrogens with one attached hydrogen (secondary N) is 1. The fourth-order valence-corrected chi connectivity index (χ4v) is 1.94. The summed E-state index contributed by atoms with van der Waals surface area (Å²) in [5, 5.41) is 11.7. The third-order valence-corrected chi connectivity index (χ3v) is 3.97. The second-order valence-electron chi connectivity index (χ2n) is 6.07. The number of nitrogens with zero attached hydrogens (tertiary/aromatic N) is 1. The van der Waals surface area contributed by atoms with Gasteiger partial charge in [0.05, 0.1) is 20.3 Å². The van der Waals surface area contributed by atoms with Gasteiger partial charge >= 0.3 is 5.97 Å². The first kappa shape index (κ1) is 21.0. The average Bonchev–Trinajstić information content (AvgIpc) is 2.63. The first-order chi connectivity index (χ1) is 12.3. The first-order valence-electron chi connectivity index (χ1n) is 8.05. The van der Waals surface area contributed by atoms with Gasteiger partial charge in [-0.1, -0.05) is 13.8 Å². The Hall–Kier alpha value is -3.01. The molecule has 0 radical (unpaired) electrons. The average molecular weight is 360 g/mol. The summed E-state index contributed by atoms with van der Waals surface area (Å²) in [5.41, 5.74) is -0.391. The number of hydrogen-bond acceptors (Lipinski definition) is 6. The minimum absolute atomic E-state index is 0.0902. The van der Waals surface area contributed by atoms with Crippen molar-refractivity contribution in [2.45, 2.75) is 26.3 Å². The molecule has 1 atom stereocenters. The van der Waals surface area contributed by atoms with Crippen LogP contribution >= 0.6 is 0 Å². The van der Waals surface area contributed by atoms with Crippen LogP contribution in [0.2, 0.25) is 0 Å². The monoisotopic (exact) mass is 360 g/mol. The zero-order valence-corrected chi connectivity index (χ0v) is 15.7. The molecule has 0 fully saturated rings. The molecule has 1 aromatic rings. The maximum atomic E-state index is 11.9. The number of benzene rings is 1. The van der Waals surface area contributed by atoms with Crippen LogP contribution in [0.15, 0.2) is 24.3 Å². The largest absolute Gasteiger partial charge is 0.497 e. The molecule has 0 unspecified atom stereocenters. The summed E-state index contributed by atoms with van der Waals surface area (Å²) >= 11 is 0. The Bertz CT molecular complexity index is 721. The fourth-order valence-electron chi connectivity index (χ4n) is 1.94. The molecular formula is C19H24N2O5. The van der Waals surface area contributed by atoms with Gasteiger partial charge in [0.25, 0.3) is 5.91 Å². The molecule has 0 aliphatic rings. The van der Waals surface area contributed by atoms with E-state index in [1.807, 2.05) is 13.8 Å². The maximum absolute atomic E-state index is 11.9. The lowest BCUT2D eigenvalue weighted by Gasteiger charge is -2.27. The van der Waals surface area contributed by atoms with E-state index in [2.05, 4.69) is 11.4 Å². The van der Waals surface area contributed by atoms with Crippen LogP contribution < -0.4 is 14.8 Å². The van der Waals surface area contributed by atoms with E-state index in [0.717, 1.165) is 0 Å². The van der Waals surface area contributed by atoms with Gasteiger partial charge in [0.15, 0.2) is 6.61 Å². The zero-order chi connectivity index (χ0) is 19.7. The van der Waals surface area contributed by atoms with Gasteiger partial charge in [0.2, 0.25) is 0 Å². The number of nitriles is 1. The fraction of sp³-hybridized carbons (Fsp3) is 0.421. The van der Waals surface area contributed by atoms with E-state index in [1.165, 1.54) is 26.4 Å². The van der Waals surface area contributed by atoms with Crippen molar-refractivity contribution in [3.8, 4) is 17.6 Å². The SMILES string of the molecule is COc1ccc(OC)c(/C=C/C(=O)OCC(=O)N[C@](C)(C#N)C(C)C)c1. The lowest BCUT2D eigenvalue weighted by Crippen LogP contribution is -2.50. The molecule has 0 heterocycles. The lowest BCUT2D eigenvalue weighted by molar-refractivity contribution is -0.144. The van der Waals surface area contributed by atoms with Gasteiger partial charge in [-0.3, -0.25) is 4.79 Å². The van der Waals surface area contributed by atoms with Crippen molar-refractivity contribution in [1.29, 1.82) is 5.26 Å².